The fourth-order valence-corrected chi connectivity index (χ4v) is 1.90. The number of rotatable bonds is 6. The van der Waals surface area contributed by atoms with Crippen LogP contribution in [0, 0.1) is 0 Å². The first kappa shape index (κ1) is 14.6. The Morgan fingerprint density at radius 3 is 2.80 bits per heavy atom. The fraction of sp³-hybridized carbons (Fsp3) is 0.500. The minimum atomic E-state index is -0.159. The number of carbonyl (C=O) groups excluding carboxylic acids is 1. The number of anilines is 1. The van der Waals surface area contributed by atoms with Crippen molar-refractivity contribution in [2.24, 2.45) is 0 Å². The maximum Gasteiger partial charge on any atom is 0.238 e. The summed E-state index contributed by atoms with van der Waals surface area (Å²) in [6.45, 7) is 3.19. The third-order valence-electron chi connectivity index (χ3n) is 3.09. The molecule has 0 aromatic heterocycles. The molecule has 110 valence electrons. The number of aliphatic hydroxyl groups is 1. The van der Waals surface area contributed by atoms with Crippen LogP contribution in [-0.4, -0.2) is 43.4 Å². The summed E-state index contributed by atoms with van der Waals surface area (Å²) in [5.74, 6) is 1.18. The van der Waals surface area contributed by atoms with Crippen molar-refractivity contribution >= 4 is 11.6 Å². The van der Waals surface area contributed by atoms with Gasteiger partial charge in [0, 0.05) is 17.8 Å². The molecule has 0 saturated carbocycles. The Balaban J connectivity index is 1.88. The van der Waals surface area contributed by atoms with Crippen molar-refractivity contribution in [3.8, 4) is 11.5 Å². The van der Waals surface area contributed by atoms with Gasteiger partial charge in [-0.3, -0.25) is 4.79 Å². The Hall–Kier alpha value is -1.79. The molecule has 0 radical (unpaired) electrons. The summed E-state index contributed by atoms with van der Waals surface area (Å²) in [4.78, 5) is 11.8. The number of benzene rings is 1. The molecular formula is C14H20N2O4. The zero-order valence-corrected chi connectivity index (χ0v) is 11.5. The molecule has 2 rings (SSSR count). The monoisotopic (exact) mass is 280 g/mol. The molecule has 0 bridgehead atoms. The van der Waals surface area contributed by atoms with Crippen LogP contribution in [0.5, 0.6) is 11.5 Å². The van der Waals surface area contributed by atoms with E-state index in [2.05, 4.69) is 10.6 Å². The van der Waals surface area contributed by atoms with Gasteiger partial charge in [-0.2, -0.15) is 0 Å². The zero-order chi connectivity index (χ0) is 14.4. The molecule has 0 fully saturated rings. The van der Waals surface area contributed by atoms with Gasteiger partial charge in [-0.1, -0.05) is 6.92 Å². The number of hydrogen-bond acceptors (Lipinski definition) is 5. The van der Waals surface area contributed by atoms with Gasteiger partial charge in [-0.25, -0.2) is 0 Å². The number of amides is 1. The van der Waals surface area contributed by atoms with Crippen LogP contribution in [0.15, 0.2) is 18.2 Å². The van der Waals surface area contributed by atoms with Crippen LogP contribution in [0.3, 0.4) is 0 Å². The van der Waals surface area contributed by atoms with Gasteiger partial charge in [-0.05, 0) is 18.6 Å². The fourth-order valence-electron chi connectivity index (χ4n) is 1.90. The normalized spacial score (nSPS) is 14.7. The van der Waals surface area contributed by atoms with E-state index in [9.17, 15) is 4.79 Å². The highest BCUT2D eigenvalue weighted by Crippen LogP contribution is 2.32. The standard InChI is InChI=1S/C14H20N2O4/c1-2-10(9-17)15-8-14(18)16-11-3-4-12-13(7-11)20-6-5-19-12/h3-4,7,10,15,17H,2,5-6,8-9H2,1H3,(H,16,18). The summed E-state index contributed by atoms with van der Waals surface area (Å²) in [7, 11) is 0. The molecule has 1 aliphatic rings. The Kier molecular flexibility index (Phi) is 5.20. The van der Waals surface area contributed by atoms with Crippen LogP contribution >= 0.6 is 0 Å². The van der Waals surface area contributed by atoms with Gasteiger partial charge in [0.1, 0.15) is 13.2 Å². The highest BCUT2D eigenvalue weighted by atomic mass is 16.6. The molecule has 1 unspecified atom stereocenters. The van der Waals surface area contributed by atoms with Crippen molar-refractivity contribution in [3.63, 3.8) is 0 Å². The van der Waals surface area contributed by atoms with Gasteiger partial charge in [0.25, 0.3) is 0 Å². The molecule has 20 heavy (non-hydrogen) atoms. The molecule has 0 saturated heterocycles. The molecule has 1 aromatic carbocycles. The molecule has 1 aliphatic heterocycles. The van der Waals surface area contributed by atoms with E-state index in [0.717, 1.165) is 6.42 Å². The number of carbonyl (C=O) groups is 1. The predicted molar refractivity (Wildman–Crippen MR) is 75.2 cm³/mol. The van der Waals surface area contributed by atoms with Crippen molar-refractivity contribution in [1.29, 1.82) is 0 Å². The highest BCUT2D eigenvalue weighted by Gasteiger charge is 2.13. The quantitative estimate of drug-likeness (QED) is 0.717. The third kappa shape index (κ3) is 3.85. The van der Waals surface area contributed by atoms with Crippen molar-refractivity contribution in [2.45, 2.75) is 19.4 Å². The predicted octanol–water partition coefficient (Wildman–Crippen LogP) is 0.757. The van der Waals surface area contributed by atoms with Crippen LogP contribution < -0.4 is 20.1 Å². The summed E-state index contributed by atoms with van der Waals surface area (Å²) in [6.07, 6.45) is 0.772. The SMILES string of the molecule is CCC(CO)NCC(=O)Nc1ccc2c(c1)OCCO2. The largest absolute Gasteiger partial charge is 0.486 e. The van der Waals surface area contributed by atoms with Gasteiger partial charge >= 0.3 is 0 Å². The second-order valence-electron chi connectivity index (χ2n) is 4.58. The molecule has 1 aromatic rings. The number of nitrogens with one attached hydrogen (secondary N) is 2. The second kappa shape index (κ2) is 7.12. The Labute approximate surface area is 118 Å². The minimum Gasteiger partial charge on any atom is -0.486 e. The number of aliphatic hydroxyl groups excluding tert-OH is 1. The molecule has 0 spiro atoms. The molecule has 6 heteroatoms. The van der Waals surface area contributed by atoms with Gasteiger partial charge in [0.05, 0.1) is 13.2 Å². The maximum absolute atomic E-state index is 11.8. The van der Waals surface area contributed by atoms with E-state index in [1.807, 2.05) is 6.92 Å². The lowest BCUT2D eigenvalue weighted by molar-refractivity contribution is -0.115. The number of ether oxygens (including phenoxy) is 2. The van der Waals surface area contributed by atoms with E-state index in [1.165, 1.54) is 0 Å². The molecule has 0 aliphatic carbocycles. The van der Waals surface area contributed by atoms with Crippen LogP contribution in [0.4, 0.5) is 5.69 Å². The van der Waals surface area contributed by atoms with E-state index in [-0.39, 0.29) is 25.1 Å². The molecule has 1 amide bonds. The highest BCUT2D eigenvalue weighted by molar-refractivity contribution is 5.92. The number of fused-ring (bicyclic) bond motifs is 1. The summed E-state index contributed by atoms with van der Waals surface area (Å²) < 4.78 is 10.9. The van der Waals surface area contributed by atoms with E-state index in [4.69, 9.17) is 14.6 Å². The van der Waals surface area contributed by atoms with Crippen molar-refractivity contribution in [2.75, 3.05) is 31.7 Å². The first-order chi connectivity index (χ1) is 9.72. The summed E-state index contributed by atoms with van der Waals surface area (Å²) in [6, 6.07) is 5.24. The van der Waals surface area contributed by atoms with Crippen molar-refractivity contribution in [3.05, 3.63) is 18.2 Å². The Morgan fingerprint density at radius 2 is 2.10 bits per heavy atom. The Bertz CT molecular complexity index is 460. The second-order valence-corrected chi connectivity index (χ2v) is 4.58. The van der Waals surface area contributed by atoms with E-state index in [1.54, 1.807) is 18.2 Å². The average molecular weight is 280 g/mol. The zero-order valence-electron chi connectivity index (χ0n) is 11.5. The molecule has 1 atom stereocenters. The third-order valence-corrected chi connectivity index (χ3v) is 3.09. The first-order valence-corrected chi connectivity index (χ1v) is 6.76. The summed E-state index contributed by atoms with van der Waals surface area (Å²) >= 11 is 0. The summed E-state index contributed by atoms with van der Waals surface area (Å²) in [5.41, 5.74) is 0.665. The lowest BCUT2D eigenvalue weighted by Gasteiger charge is -2.19. The molecule has 3 N–H and O–H groups in total. The van der Waals surface area contributed by atoms with Crippen molar-refractivity contribution in [1.82, 2.24) is 5.32 Å². The maximum atomic E-state index is 11.8. The van der Waals surface area contributed by atoms with Gasteiger partial charge in [0.15, 0.2) is 11.5 Å². The minimum absolute atomic E-state index is 0.0216. The average Bonchev–Trinajstić information content (AvgIpc) is 2.48. The van der Waals surface area contributed by atoms with Crippen LogP contribution in [0.25, 0.3) is 0 Å². The first-order valence-electron chi connectivity index (χ1n) is 6.76. The van der Waals surface area contributed by atoms with E-state index >= 15 is 0 Å². The van der Waals surface area contributed by atoms with Crippen LogP contribution in [0.1, 0.15) is 13.3 Å². The lowest BCUT2D eigenvalue weighted by Crippen LogP contribution is -2.37. The van der Waals surface area contributed by atoms with Gasteiger partial charge < -0.3 is 25.2 Å². The van der Waals surface area contributed by atoms with Crippen LogP contribution in [-0.2, 0) is 4.79 Å². The molecular weight excluding hydrogens is 260 g/mol. The lowest BCUT2D eigenvalue weighted by atomic mass is 10.2. The van der Waals surface area contributed by atoms with E-state index < -0.39 is 0 Å². The smallest absolute Gasteiger partial charge is 0.238 e. The molecule has 6 nitrogen and oxygen atoms in total. The number of hydrogen-bond donors (Lipinski definition) is 3. The van der Waals surface area contributed by atoms with Gasteiger partial charge in [-0.15, -0.1) is 0 Å². The van der Waals surface area contributed by atoms with Gasteiger partial charge in [0.2, 0.25) is 5.91 Å². The van der Waals surface area contributed by atoms with Crippen LogP contribution in [0.2, 0.25) is 0 Å². The van der Waals surface area contributed by atoms with Crippen molar-refractivity contribution < 1.29 is 19.4 Å². The molecule has 1 heterocycles. The van der Waals surface area contributed by atoms with E-state index in [0.29, 0.717) is 30.4 Å². The Morgan fingerprint density at radius 1 is 1.35 bits per heavy atom. The topological polar surface area (TPSA) is 79.8 Å². The summed E-state index contributed by atoms with van der Waals surface area (Å²) in [5, 5.41) is 14.8.